The van der Waals surface area contributed by atoms with Gasteiger partial charge in [-0.2, -0.15) is 39.5 Å². The summed E-state index contributed by atoms with van der Waals surface area (Å²) in [5.41, 5.74) is -10.7. The van der Waals surface area contributed by atoms with Gasteiger partial charge in [0.1, 0.15) is 5.69 Å². The van der Waals surface area contributed by atoms with Crippen molar-refractivity contribution in [3.8, 4) is 0 Å². The molecule has 0 aliphatic rings. The van der Waals surface area contributed by atoms with Gasteiger partial charge < -0.3 is 21.0 Å². The minimum Gasteiger partial charge on any atom is -0.769 e. The monoisotopic (exact) mass is 431 g/mol. The van der Waals surface area contributed by atoms with Gasteiger partial charge in [-0.05, 0) is 18.2 Å². The highest BCUT2D eigenvalue weighted by atomic mass is 19.4. The molecule has 0 radical (unpaired) electrons. The van der Waals surface area contributed by atoms with Gasteiger partial charge in [0.2, 0.25) is 0 Å². The van der Waals surface area contributed by atoms with Gasteiger partial charge in [0.25, 0.3) is 5.91 Å². The van der Waals surface area contributed by atoms with Crippen molar-refractivity contribution in [2.24, 2.45) is 5.41 Å². The summed E-state index contributed by atoms with van der Waals surface area (Å²) in [6, 6.07) is 0.698. The molecule has 0 fully saturated rings. The second-order valence-electron chi connectivity index (χ2n) is 4.95. The lowest BCUT2D eigenvalue weighted by Gasteiger charge is -2.38. The number of rotatable bonds is 4. The SMILES string of the molecule is O=C(Nc1ccc(N([O-])[O-])cc1N(O)O)C(C(F)(F)F)(C(F)(F)F)C(F)(F)F. The smallest absolute Gasteiger partial charge is 0.421 e. The van der Waals surface area contributed by atoms with Gasteiger partial charge in [-0.15, -0.1) is 5.23 Å². The molecule has 1 rings (SSSR count). The lowest BCUT2D eigenvalue weighted by molar-refractivity contribution is -0.405. The van der Waals surface area contributed by atoms with Crippen LogP contribution in [-0.2, 0) is 4.79 Å². The Morgan fingerprint density at radius 3 is 1.64 bits per heavy atom. The van der Waals surface area contributed by atoms with Crippen molar-refractivity contribution in [2.75, 3.05) is 15.8 Å². The Labute approximate surface area is 147 Å². The van der Waals surface area contributed by atoms with E-state index in [0.29, 0.717) is 11.4 Å². The Balaban J connectivity index is 3.62. The van der Waals surface area contributed by atoms with E-state index in [4.69, 9.17) is 10.4 Å². The van der Waals surface area contributed by atoms with Crippen LogP contribution >= 0.6 is 0 Å². The Bertz CT molecular complexity index is 694. The van der Waals surface area contributed by atoms with Crippen molar-refractivity contribution in [1.29, 1.82) is 0 Å². The zero-order valence-electron chi connectivity index (χ0n) is 12.6. The Kier molecular flexibility index (Phi) is 6.01. The fraction of sp³-hybridized carbons (Fsp3) is 0.364. The van der Waals surface area contributed by atoms with Gasteiger partial charge in [-0.3, -0.25) is 15.2 Å². The molecular formula is C11H6F9N3O5-2. The molecule has 17 heteroatoms. The number of anilines is 3. The van der Waals surface area contributed by atoms with Crippen LogP contribution in [0.25, 0.3) is 0 Å². The molecule has 3 N–H and O–H groups in total. The highest BCUT2D eigenvalue weighted by Gasteiger charge is 2.88. The van der Waals surface area contributed by atoms with Crippen molar-refractivity contribution >= 4 is 23.0 Å². The normalized spacial score (nSPS) is 13.3. The molecule has 0 aliphatic carbocycles. The minimum atomic E-state index is -7.20. The third kappa shape index (κ3) is 3.86. The third-order valence-corrected chi connectivity index (χ3v) is 3.27. The zero-order valence-corrected chi connectivity index (χ0v) is 12.6. The van der Waals surface area contributed by atoms with Crippen LogP contribution < -0.4 is 15.8 Å². The molecule has 0 bridgehead atoms. The molecule has 0 aromatic heterocycles. The molecule has 0 saturated carbocycles. The maximum Gasteiger partial charge on any atom is 0.421 e. The summed E-state index contributed by atoms with van der Waals surface area (Å²) in [6.45, 7) is 0. The minimum absolute atomic E-state index is 0.145. The van der Waals surface area contributed by atoms with Crippen molar-refractivity contribution in [3.05, 3.63) is 28.6 Å². The first kappa shape index (κ1) is 23.5. The summed E-state index contributed by atoms with van der Waals surface area (Å²) in [5, 5.41) is 37.2. The first-order chi connectivity index (χ1) is 12.4. The fourth-order valence-electron chi connectivity index (χ4n) is 1.99. The number of halogens is 9. The molecule has 0 unspecified atom stereocenters. The summed E-state index contributed by atoms with van der Waals surface area (Å²) >= 11 is 0. The summed E-state index contributed by atoms with van der Waals surface area (Å²) in [6.07, 6.45) is -21.6. The quantitative estimate of drug-likeness (QED) is 0.491. The molecule has 1 aromatic rings. The van der Waals surface area contributed by atoms with Crippen LogP contribution in [0.5, 0.6) is 0 Å². The molecule has 0 saturated heterocycles. The largest absolute Gasteiger partial charge is 0.769 e. The Hall–Kier alpha value is -2.50. The molecule has 0 atom stereocenters. The van der Waals surface area contributed by atoms with E-state index in [-0.39, 0.29) is 12.1 Å². The van der Waals surface area contributed by atoms with Crippen molar-refractivity contribution in [2.45, 2.75) is 18.5 Å². The van der Waals surface area contributed by atoms with Gasteiger partial charge in [0, 0.05) is 5.69 Å². The van der Waals surface area contributed by atoms with Gasteiger partial charge in [-0.25, -0.2) is 0 Å². The molecule has 0 spiro atoms. The standard InChI is InChI=1S/C11H6F9N3O5/c12-9(13,14)8(10(15,16)17,11(18,19)20)7(24)21-5-2-1-4(22(25)26)3-6(5)23(27)28/h1-3,27-28H,(H,21,24)/q-2. The third-order valence-electron chi connectivity index (χ3n) is 3.27. The van der Waals surface area contributed by atoms with E-state index in [0.717, 1.165) is 0 Å². The lowest BCUT2D eigenvalue weighted by atomic mass is 9.84. The van der Waals surface area contributed by atoms with Crippen LogP contribution in [0.4, 0.5) is 56.6 Å². The highest BCUT2D eigenvalue weighted by molar-refractivity contribution is 6.00. The predicted molar refractivity (Wildman–Crippen MR) is 70.9 cm³/mol. The predicted octanol–water partition coefficient (Wildman–Crippen LogP) is 3.69. The van der Waals surface area contributed by atoms with Crippen LogP contribution in [0.2, 0.25) is 0 Å². The molecule has 0 heterocycles. The zero-order chi connectivity index (χ0) is 22.3. The number of carbonyl (C=O) groups excluding carboxylic acids is 1. The average molecular weight is 431 g/mol. The fourth-order valence-corrected chi connectivity index (χ4v) is 1.99. The van der Waals surface area contributed by atoms with Crippen LogP contribution in [-0.4, -0.2) is 34.9 Å². The van der Waals surface area contributed by atoms with Crippen LogP contribution in [0.1, 0.15) is 0 Å². The molecule has 160 valence electrons. The van der Waals surface area contributed by atoms with Crippen molar-refractivity contribution in [3.63, 3.8) is 0 Å². The number of hydrogen-bond donors (Lipinski definition) is 3. The Morgan fingerprint density at radius 1 is 0.893 bits per heavy atom. The van der Waals surface area contributed by atoms with E-state index in [1.165, 1.54) is 0 Å². The molecular weight excluding hydrogens is 425 g/mol. The average Bonchev–Trinajstić information content (AvgIpc) is 2.42. The summed E-state index contributed by atoms with van der Waals surface area (Å²) in [5.74, 6) is -3.67. The first-order valence-corrected chi connectivity index (χ1v) is 6.36. The molecule has 8 nitrogen and oxygen atoms in total. The van der Waals surface area contributed by atoms with Crippen molar-refractivity contribution < 1.29 is 54.7 Å². The maximum absolute atomic E-state index is 12.9. The summed E-state index contributed by atoms with van der Waals surface area (Å²) in [7, 11) is 0. The lowest BCUT2D eigenvalue weighted by Crippen LogP contribution is -2.65. The second-order valence-corrected chi connectivity index (χ2v) is 4.95. The van der Waals surface area contributed by atoms with E-state index >= 15 is 0 Å². The molecule has 1 amide bonds. The number of nitrogens with one attached hydrogen (secondary N) is 1. The highest BCUT2D eigenvalue weighted by Crippen LogP contribution is 2.60. The summed E-state index contributed by atoms with van der Waals surface area (Å²) in [4.78, 5) is 11.6. The number of amides is 1. The van der Waals surface area contributed by atoms with E-state index in [1.54, 1.807) is 0 Å². The number of benzene rings is 1. The second kappa shape index (κ2) is 7.15. The topological polar surface area (TPSA) is 122 Å². The van der Waals surface area contributed by atoms with Crippen LogP contribution in [0.3, 0.4) is 0 Å². The summed E-state index contributed by atoms with van der Waals surface area (Å²) < 4.78 is 116. The van der Waals surface area contributed by atoms with Crippen LogP contribution in [0, 0.1) is 15.8 Å². The van der Waals surface area contributed by atoms with Gasteiger partial charge >= 0.3 is 23.9 Å². The van der Waals surface area contributed by atoms with Gasteiger partial charge in [0.05, 0.1) is 5.69 Å². The number of hydrogen-bond acceptors (Lipinski definition) is 7. The van der Waals surface area contributed by atoms with E-state index < -0.39 is 57.4 Å². The van der Waals surface area contributed by atoms with Crippen molar-refractivity contribution in [1.82, 2.24) is 0 Å². The number of nitrogens with zero attached hydrogens (tertiary/aromatic N) is 2. The number of carbonyl (C=O) groups is 1. The number of alkyl halides is 9. The Morgan fingerprint density at radius 2 is 1.32 bits per heavy atom. The van der Waals surface area contributed by atoms with E-state index in [9.17, 15) is 54.7 Å². The van der Waals surface area contributed by atoms with E-state index in [1.807, 2.05) is 0 Å². The maximum atomic E-state index is 12.9. The van der Waals surface area contributed by atoms with Crippen LogP contribution in [0.15, 0.2) is 18.2 Å². The van der Waals surface area contributed by atoms with Gasteiger partial charge in [0.15, 0.2) is 0 Å². The molecule has 28 heavy (non-hydrogen) atoms. The molecule has 1 aromatic carbocycles. The molecule has 0 aliphatic heterocycles. The van der Waals surface area contributed by atoms with Gasteiger partial charge in [-0.1, -0.05) is 0 Å². The van der Waals surface area contributed by atoms with E-state index in [2.05, 4.69) is 0 Å². The first-order valence-electron chi connectivity index (χ1n) is 6.36.